The van der Waals surface area contributed by atoms with Gasteiger partial charge in [-0.25, -0.2) is 8.42 Å². The molecule has 3 aromatic rings. The van der Waals surface area contributed by atoms with Gasteiger partial charge in [0.1, 0.15) is 22.9 Å². The number of hydrogen-bond donors (Lipinski definition) is 2. The van der Waals surface area contributed by atoms with Crippen molar-refractivity contribution in [2.24, 2.45) is 0 Å². The van der Waals surface area contributed by atoms with Gasteiger partial charge >= 0.3 is 0 Å². The molecule has 32 heavy (non-hydrogen) atoms. The number of phenolic OH excluding ortho intramolecular Hbond substituents is 1. The van der Waals surface area contributed by atoms with Crippen LogP contribution in [0.15, 0.2) is 48.5 Å². The number of fused-ring (bicyclic) bond motifs is 1. The normalized spacial score (nSPS) is 21.7. The van der Waals surface area contributed by atoms with Gasteiger partial charge in [-0.2, -0.15) is 5.10 Å². The number of rotatable bonds is 5. The largest absolute Gasteiger partial charge is 0.507 e. The second-order valence-corrected chi connectivity index (χ2v) is 10.3. The number of aromatic nitrogens is 2. The van der Waals surface area contributed by atoms with Gasteiger partial charge in [0, 0.05) is 17.2 Å². The van der Waals surface area contributed by atoms with Crippen molar-refractivity contribution < 1.29 is 23.1 Å². The van der Waals surface area contributed by atoms with E-state index < -0.39 is 21.9 Å². The van der Waals surface area contributed by atoms with Crippen molar-refractivity contribution in [3.63, 3.8) is 0 Å². The Morgan fingerprint density at radius 1 is 1.22 bits per heavy atom. The Hall–Kier alpha value is -3.33. The SMILES string of the molecule is CCOc1cccc([C@@H]2c3c(-c4ccccc4O)n[nH]c3C(=O)N2[C@H]2CCS(=O)(=O)C2)c1. The number of phenols is 1. The van der Waals surface area contributed by atoms with Crippen LogP contribution in [0.4, 0.5) is 0 Å². The topological polar surface area (TPSA) is 113 Å². The summed E-state index contributed by atoms with van der Waals surface area (Å²) in [5.41, 5.74) is 2.73. The smallest absolute Gasteiger partial charge is 0.273 e. The van der Waals surface area contributed by atoms with Crippen LogP contribution < -0.4 is 4.74 Å². The lowest BCUT2D eigenvalue weighted by atomic mass is 9.95. The molecule has 0 unspecified atom stereocenters. The van der Waals surface area contributed by atoms with Crippen molar-refractivity contribution in [3.8, 4) is 22.8 Å². The Kier molecular flexibility index (Phi) is 4.93. The molecule has 0 spiro atoms. The summed E-state index contributed by atoms with van der Waals surface area (Å²) in [6.07, 6.45) is 0.388. The number of ether oxygens (including phenoxy) is 1. The van der Waals surface area contributed by atoms with E-state index in [1.165, 1.54) is 0 Å². The molecular weight excluding hydrogens is 430 g/mol. The predicted molar refractivity (Wildman–Crippen MR) is 118 cm³/mol. The lowest BCUT2D eigenvalue weighted by Gasteiger charge is -2.31. The van der Waals surface area contributed by atoms with Crippen molar-refractivity contribution in [2.75, 3.05) is 18.1 Å². The molecule has 0 saturated carbocycles. The Morgan fingerprint density at radius 2 is 2.03 bits per heavy atom. The van der Waals surface area contributed by atoms with Crippen molar-refractivity contribution in [1.29, 1.82) is 0 Å². The minimum Gasteiger partial charge on any atom is -0.507 e. The van der Waals surface area contributed by atoms with Crippen molar-refractivity contribution in [1.82, 2.24) is 15.1 Å². The lowest BCUT2D eigenvalue weighted by molar-refractivity contribution is 0.0677. The summed E-state index contributed by atoms with van der Waals surface area (Å²) in [6.45, 7) is 2.39. The summed E-state index contributed by atoms with van der Waals surface area (Å²) in [5, 5.41) is 17.6. The fourth-order valence-electron chi connectivity index (χ4n) is 4.68. The fourth-order valence-corrected chi connectivity index (χ4v) is 6.40. The number of benzene rings is 2. The van der Waals surface area contributed by atoms with Crippen LogP contribution in [0.25, 0.3) is 11.3 Å². The average Bonchev–Trinajstić information content (AvgIpc) is 3.42. The highest BCUT2D eigenvalue weighted by molar-refractivity contribution is 7.91. The third-order valence-electron chi connectivity index (χ3n) is 6.05. The van der Waals surface area contributed by atoms with Gasteiger partial charge in [0.25, 0.3) is 5.91 Å². The van der Waals surface area contributed by atoms with Crippen molar-refractivity contribution in [3.05, 3.63) is 65.4 Å². The third-order valence-corrected chi connectivity index (χ3v) is 7.80. The maximum atomic E-state index is 13.5. The first-order valence-corrected chi connectivity index (χ1v) is 12.3. The lowest BCUT2D eigenvalue weighted by Crippen LogP contribution is -2.40. The van der Waals surface area contributed by atoms with E-state index in [4.69, 9.17) is 4.74 Å². The minimum absolute atomic E-state index is 0.0537. The molecule has 166 valence electrons. The maximum absolute atomic E-state index is 13.5. The Labute approximate surface area is 185 Å². The van der Waals surface area contributed by atoms with Crippen LogP contribution >= 0.6 is 0 Å². The van der Waals surface area contributed by atoms with Crippen LogP contribution in [0.3, 0.4) is 0 Å². The highest BCUT2D eigenvalue weighted by Crippen LogP contribution is 2.46. The summed E-state index contributed by atoms with van der Waals surface area (Å²) in [7, 11) is -3.20. The average molecular weight is 454 g/mol. The second kappa shape index (κ2) is 7.67. The summed E-state index contributed by atoms with van der Waals surface area (Å²) in [5.74, 6) is 0.425. The molecule has 3 heterocycles. The van der Waals surface area contributed by atoms with Crippen LogP contribution in [0.5, 0.6) is 11.5 Å². The number of hydrogen-bond acceptors (Lipinski definition) is 6. The van der Waals surface area contributed by atoms with Gasteiger partial charge in [-0.05, 0) is 43.2 Å². The van der Waals surface area contributed by atoms with E-state index >= 15 is 0 Å². The maximum Gasteiger partial charge on any atom is 0.273 e. The monoisotopic (exact) mass is 453 g/mol. The number of carbonyl (C=O) groups excluding carboxylic acids is 1. The first kappa shape index (κ1) is 20.6. The second-order valence-electron chi connectivity index (χ2n) is 8.06. The van der Waals surface area contributed by atoms with Crippen LogP contribution in [-0.2, 0) is 9.84 Å². The highest BCUT2D eigenvalue weighted by atomic mass is 32.2. The first-order chi connectivity index (χ1) is 15.4. The van der Waals surface area contributed by atoms with Crippen LogP contribution in [-0.4, -0.2) is 58.7 Å². The number of aromatic hydroxyl groups is 1. The van der Waals surface area contributed by atoms with Crippen LogP contribution in [0.1, 0.15) is 41.0 Å². The molecule has 0 aliphatic carbocycles. The number of amides is 1. The molecule has 1 saturated heterocycles. The Bertz CT molecular complexity index is 1300. The van der Waals surface area contributed by atoms with E-state index in [0.29, 0.717) is 41.3 Å². The molecule has 2 N–H and O–H groups in total. The molecule has 2 aliphatic rings. The van der Waals surface area contributed by atoms with Crippen molar-refractivity contribution in [2.45, 2.75) is 25.4 Å². The molecule has 1 amide bonds. The van der Waals surface area contributed by atoms with Gasteiger partial charge in [-0.15, -0.1) is 0 Å². The quantitative estimate of drug-likeness (QED) is 0.614. The van der Waals surface area contributed by atoms with E-state index in [1.54, 1.807) is 29.2 Å². The number of para-hydroxylation sites is 1. The summed E-state index contributed by atoms with van der Waals surface area (Å²) in [6, 6.07) is 13.3. The van der Waals surface area contributed by atoms with Crippen molar-refractivity contribution >= 4 is 15.7 Å². The number of sulfone groups is 1. The van der Waals surface area contributed by atoms with E-state index in [9.17, 15) is 18.3 Å². The van der Waals surface area contributed by atoms with Gasteiger partial charge in [-0.1, -0.05) is 24.3 Å². The number of nitrogens with one attached hydrogen (secondary N) is 1. The van der Waals surface area contributed by atoms with Crippen LogP contribution in [0.2, 0.25) is 0 Å². The number of H-pyrrole nitrogens is 1. The molecule has 1 fully saturated rings. The summed E-state index contributed by atoms with van der Waals surface area (Å²) >= 11 is 0. The van der Waals surface area contributed by atoms with E-state index in [1.807, 2.05) is 31.2 Å². The van der Waals surface area contributed by atoms with Crippen LogP contribution in [0, 0.1) is 0 Å². The molecule has 2 aliphatic heterocycles. The van der Waals surface area contributed by atoms with E-state index in [-0.39, 0.29) is 23.2 Å². The third kappa shape index (κ3) is 3.33. The molecule has 8 nitrogen and oxygen atoms in total. The molecule has 0 bridgehead atoms. The zero-order valence-corrected chi connectivity index (χ0v) is 18.3. The standard InChI is InChI=1S/C23H23N3O5S/c1-2-31-16-7-5-6-14(12-16)22-19-20(17-8-3-4-9-18(17)27)24-25-21(19)23(28)26(22)15-10-11-32(29,30)13-15/h3-9,12,15,22,27H,2,10-11,13H2,1H3,(H,24,25)/t15-,22+/m0/s1. The molecular formula is C23H23N3O5S. The molecule has 2 atom stereocenters. The zero-order chi connectivity index (χ0) is 22.5. The Balaban J connectivity index is 1.69. The molecule has 0 radical (unpaired) electrons. The molecule has 9 heteroatoms. The first-order valence-electron chi connectivity index (χ1n) is 10.5. The molecule has 1 aromatic heterocycles. The van der Waals surface area contributed by atoms with Gasteiger partial charge in [0.2, 0.25) is 0 Å². The van der Waals surface area contributed by atoms with Gasteiger partial charge in [0.05, 0.1) is 24.2 Å². The fraction of sp³-hybridized carbons (Fsp3) is 0.304. The number of carbonyl (C=O) groups is 1. The van der Waals surface area contributed by atoms with Gasteiger partial charge in [0.15, 0.2) is 9.84 Å². The number of nitrogens with zero attached hydrogens (tertiary/aromatic N) is 2. The van der Waals surface area contributed by atoms with Gasteiger partial charge in [-0.3, -0.25) is 9.89 Å². The zero-order valence-electron chi connectivity index (χ0n) is 17.5. The van der Waals surface area contributed by atoms with E-state index in [0.717, 1.165) is 5.56 Å². The predicted octanol–water partition coefficient (Wildman–Crippen LogP) is 2.91. The molecule has 2 aromatic carbocycles. The highest BCUT2D eigenvalue weighted by Gasteiger charge is 2.48. The van der Waals surface area contributed by atoms with Gasteiger partial charge < -0.3 is 14.7 Å². The van der Waals surface area contributed by atoms with E-state index in [2.05, 4.69) is 10.2 Å². The summed E-state index contributed by atoms with van der Waals surface area (Å²) in [4.78, 5) is 15.1. The molecule has 5 rings (SSSR count). The number of aromatic amines is 1. The Morgan fingerprint density at radius 3 is 2.75 bits per heavy atom. The minimum atomic E-state index is -3.20. The summed E-state index contributed by atoms with van der Waals surface area (Å²) < 4.78 is 30.1.